The van der Waals surface area contributed by atoms with Gasteiger partial charge >= 0.3 is 6.09 Å². The molecule has 21 heavy (non-hydrogen) atoms. The summed E-state index contributed by atoms with van der Waals surface area (Å²) in [6.45, 7) is 0.393. The average Bonchev–Trinajstić information content (AvgIpc) is 2.98. The number of cyclic esters (lactones) is 1. The van der Waals surface area contributed by atoms with E-state index in [1.54, 1.807) is 12.3 Å². The molecular formula is C14H14ClN3O3. The number of para-hydroxylation sites is 1. The van der Waals surface area contributed by atoms with Crippen molar-refractivity contribution in [3.05, 3.63) is 35.0 Å². The van der Waals surface area contributed by atoms with Gasteiger partial charge in [-0.1, -0.05) is 23.7 Å². The molecule has 3 rings (SSSR count). The fourth-order valence-corrected chi connectivity index (χ4v) is 2.73. The van der Waals surface area contributed by atoms with Crippen LogP contribution < -0.4 is 5.73 Å². The Kier molecular flexibility index (Phi) is 3.57. The summed E-state index contributed by atoms with van der Waals surface area (Å²) in [6.07, 6.45) is 0.658. The summed E-state index contributed by atoms with van der Waals surface area (Å²) in [5.74, 6) is -0.346. The van der Waals surface area contributed by atoms with Crippen LogP contribution >= 0.6 is 11.6 Å². The molecule has 1 fully saturated rings. The first-order valence-electron chi connectivity index (χ1n) is 6.58. The lowest BCUT2D eigenvalue weighted by molar-refractivity contribution is -0.129. The van der Waals surface area contributed by atoms with Crippen LogP contribution in [-0.4, -0.2) is 41.1 Å². The molecule has 0 spiro atoms. The van der Waals surface area contributed by atoms with E-state index < -0.39 is 12.2 Å². The molecule has 1 aliphatic heterocycles. The molecule has 0 bridgehead atoms. The zero-order valence-electron chi connectivity index (χ0n) is 11.1. The van der Waals surface area contributed by atoms with Crippen LogP contribution in [0.2, 0.25) is 5.02 Å². The number of aromatic amines is 1. The van der Waals surface area contributed by atoms with E-state index in [-0.39, 0.29) is 19.0 Å². The number of nitrogens with one attached hydrogen (secondary N) is 1. The number of hydrogen-bond acceptors (Lipinski definition) is 4. The van der Waals surface area contributed by atoms with Crippen LogP contribution in [0.15, 0.2) is 24.4 Å². The van der Waals surface area contributed by atoms with Gasteiger partial charge in [-0.25, -0.2) is 9.69 Å². The SMILES string of the molecule is NCCN1C(=O)OC(Cc2c[nH]c3c(Cl)cccc23)C1=O. The van der Waals surface area contributed by atoms with Crippen LogP contribution in [0, 0.1) is 0 Å². The lowest BCUT2D eigenvalue weighted by Crippen LogP contribution is -2.36. The van der Waals surface area contributed by atoms with Gasteiger partial charge in [-0.15, -0.1) is 0 Å². The number of halogens is 1. The van der Waals surface area contributed by atoms with Crippen LogP contribution in [0.4, 0.5) is 4.79 Å². The number of imide groups is 1. The normalized spacial score (nSPS) is 18.6. The Morgan fingerprint density at radius 3 is 2.95 bits per heavy atom. The summed E-state index contributed by atoms with van der Waals surface area (Å²) in [6, 6.07) is 5.53. The number of ether oxygens (including phenoxy) is 1. The van der Waals surface area contributed by atoms with Crippen LogP contribution in [0.1, 0.15) is 5.56 Å². The molecule has 1 aromatic carbocycles. The van der Waals surface area contributed by atoms with Gasteiger partial charge in [-0.3, -0.25) is 4.79 Å². The standard InChI is InChI=1S/C14H14ClN3O3/c15-10-3-1-2-9-8(7-17-12(9)10)6-11-13(19)18(5-4-16)14(20)21-11/h1-3,7,11,17H,4-6,16H2. The van der Waals surface area contributed by atoms with Gasteiger partial charge in [-0.05, 0) is 11.6 Å². The summed E-state index contributed by atoms with van der Waals surface area (Å²) in [5, 5.41) is 1.53. The van der Waals surface area contributed by atoms with Crippen molar-refractivity contribution < 1.29 is 14.3 Å². The monoisotopic (exact) mass is 307 g/mol. The molecule has 0 saturated carbocycles. The molecule has 2 heterocycles. The first kappa shape index (κ1) is 13.9. The van der Waals surface area contributed by atoms with Crippen LogP contribution in [-0.2, 0) is 16.0 Å². The third-order valence-electron chi connectivity index (χ3n) is 3.51. The number of carbonyl (C=O) groups excluding carboxylic acids is 2. The first-order valence-corrected chi connectivity index (χ1v) is 6.96. The Morgan fingerprint density at radius 1 is 1.38 bits per heavy atom. The zero-order valence-corrected chi connectivity index (χ0v) is 11.9. The molecule has 1 saturated heterocycles. The molecule has 1 unspecified atom stereocenters. The first-order chi connectivity index (χ1) is 10.1. The highest BCUT2D eigenvalue weighted by molar-refractivity contribution is 6.35. The molecule has 2 amide bonds. The van der Waals surface area contributed by atoms with Gasteiger partial charge in [0.15, 0.2) is 6.10 Å². The minimum atomic E-state index is -0.804. The predicted molar refractivity (Wildman–Crippen MR) is 78.0 cm³/mol. The van der Waals surface area contributed by atoms with Crippen molar-refractivity contribution in [3.63, 3.8) is 0 Å². The van der Waals surface area contributed by atoms with Crippen molar-refractivity contribution in [2.24, 2.45) is 5.73 Å². The maximum absolute atomic E-state index is 12.1. The highest BCUT2D eigenvalue weighted by Crippen LogP contribution is 2.27. The van der Waals surface area contributed by atoms with Crippen molar-refractivity contribution in [2.75, 3.05) is 13.1 Å². The van der Waals surface area contributed by atoms with Gasteiger partial charge < -0.3 is 15.5 Å². The Morgan fingerprint density at radius 2 is 2.19 bits per heavy atom. The third-order valence-corrected chi connectivity index (χ3v) is 3.83. The second kappa shape index (κ2) is 5.38. The number of amides is 2. The minimum absolute atomic E-state index is 0.174. The number of nitrogens with zero attached hydrogens (tertiary/aromatic N) is 1. The summed E-state index contributed by atoms with van der Waals surface area (Å²) >= 11 is 6.10. The van der Waals surface area contributed by atoms with Gasteiger partial charge in [0.05, 0.1) is 10.5 Å². The molecule has 3 N–H and O–H groups in total. The smallest absolute Gasteiger partial charge is 0.417 e. The van der Waals surface area contributed by atoms with E-state index in [2.05, 4.69) is 4.98 Å². The number of H-pyrrole nitrogens is 1. The Balaban J connectivity index is 1.85. The highest BCUT2D eigenvalue weighted by atomic mass is 35.5. The van der Waals surface area contributed by atoms with Gasteiger partial charge in [0, 0.05) is 31.1 Å². The minimum Gasteiger partial charge on any atom is -0.435 e. The lowest BCUT2D eigenvalue weighted by Gasteiger charge is -2.08. The number of rotatable bonds is 4. The third kappa shape index (κ3) is 2.36. The van der Waals surface area contributed by atoms with Gasteiger partial charge in [0.2, 0.25) is 0 Å². The van der Waals surface area contributed by atoms with E-state index in [9.17, 15) is 9.59 Å². The topological polar surface area (TPSA) is 88.4 Å². The van der Waals surface area contributed by atoms with Gasteiger partial charge in [0.1, 0.15) is 0 Å². The van der Waals surface area contributed by atoms with Crippen molar-refractivity contribution in [1.29, 1.82) is 0 Å². The number of nitrogens with two attached hydrogens (primary N) is 1. The average molecular weight is 308 g/mol. The summed E-state index contributed by atoms with van der Waals surface area (Å²) in [5.41, 5.74) is 7.08. The number of hydrogen-bond donors (Lipinski definition) is 2. The fraction of sp³-hybridized carbons (Fsp3) is 0.286. The van der Waals surface area contributed by atoms with E-state index in [4.69, 9.17) is 22.1 Å². The van der Waals surface area contributed by atoms with E-state index in [1.807, 2.05) is 12.1 Å². The largest absolute Gasteiger partial charge is 0.435 e. The highest BCUT2D eigenvalue weighted by Gasteiger charge is 2.40. The van der Waals surface area contributed by atoms with E-state index >= 15 is 0 Å². The molecule has 2 aromatic rings. The fourth-order valence-electron chi connectivity index (χ4n) is 2.50. The van der Waals surface area contributed by atoms with Gasteiger partial charge in [0.25, 0.3) is 5.91 Å². The van der Waals surface area contributed by atoms with E-state index in [0.717, 1.165) is 21.4 Å². The number of fused-ring (bicyclic) bond motifs is 1. The van der Waals surface area contributed by atoms with Crippen molar-refractivity contribution in [3.8, 4) is 0 Å². The van der Waals surface area contributed by atoms with Crippen molar-refractivity contribution in [2.45, 2.75) is 12.5 Å². The second-order valence-electron chi connectivity index (χ2n) is 4.83. The molecule has 1 aromatic heterocycles. The molecule has 1 aliphatic rings. The summed E-state index contributed by atoms with van der Waals surface area (Å²) < 4.78 is 5.13. The number of carbonyl (C=O) groups is 2. The van der Waals surface area contributed by atoms with Crippen LogP contribution in [0.25, 0.3) is 10.9 Å². The predicted octanol–water partition coefficient (Wildman–Crippen LogP) is 1.67. The lowest BCUT2D eigenvalue weighted by atomic mass is 10.1. The van der Waals surface area contributed by atoms with Crippen LogP contribution in [0.3, 0.4) is 0 Å². The molecule has 110 valence electrons. The molecular weight excluding hydrogens is 294 g/mol. The Bertz CT molecular complexity index is 713. The molecule has 0 aliphatic carbocycles. The van der Waals surface area contributed by atoms with E-state index in [0.29, 0.717) is 11.4 Å². The number of aromatic nitrogens is 1. The Labute approximate surface area is 125 Å². The number of benzene rings is 1. The molecule has 7 heteroatoms. The van der Waals surface area contributed by atoms with Crippen LogP contribution in [0.5, 0.6) is 0 Å². The molecule has 6 nitrogen and oxygen atoms in total. The Hall–Kier alpha value is -2.05. The van der Waals surface area contributed by atoms with Gasteiger partial charge in [-0.2, -0.15) is 0 Å². The van der Waals surface area contributed by atoms with Crippen molar-refractivity contribution in [1.82, 2.24) is 9.88 Å². The summed E-state index contributed by atoms with van der Waals surface area (Å²) in [4.78, 5) is 27.9. The molecule has 0 radical (unpaired) electrons. The van der Waals surface area contributed by atoms with E-state index in [1.165, 1.54) is 0 Å². The quantitative estimate of drug-likeness (QED) is 0.899. The zero-order chi connectivity index (χ0) is 15.0. The maximum Gasteiger partial charge on any atom is 0.417 e. The molecule has 1 atom stereocenters. The maximum atomic E-state index is 12.1. The van der Waals surface area contributed by atoms with Crippen molar-refractivity contribution >= 4 is 34.5 Å². The second-order valence-corrected chi connectivity index (χ2v) is 5.24. The summed E-state index contributed by atoms with van der Waals surface area (Å²) in [7, 11) is 0.